The third-order valence-electron chi connectivity index (χ3n) is 1.51. The number of hydrazone groups is 1. The number of rotatable bonds is 3. The SMILES string of the molecule is NC(=O)N/N=C/c1ccccc1[N+](=O)[O-]. The van der Waals surface area contributed by atoms with Gasteiger partial charge in [0.15, 0.2) is 0 Å². The molecular formula is C8H8N4O3. The molecule has 15 heavy (non-hydrogen) atoms. The van der Waals surface area contributed by atoms with E-state index in [-0.39, 0.29) is 11.3 Å². The van der Waals surface area contributed by atoms with Gasteiger partial charge >= 0.3 is 6.03 Å². The first-order valence-electron chi connectivity index (χ1n) is 3.93. The van der Waals surface area contributed by atoms with E-state index in [9.17, 15) is 14.9 Å². The summed E-state index contributed by atoms with van der Waals surface area (Å²) in [5.41, 5.74) is 6.90. The minimum atomic E-state index is -0.829. The molecule has 0 saturated heterocycles. The summed E-state index contributed by atoms with van der Waals surface area (Å²) in [7, 11) is 0. The molecule has 0 heterocycles. The molecule has 0 bridgehead atoms. The summed E-state index contributed by atoms with van der Waals surface area (Å²) in [5, 5.41) is 14.0. The Morgan fingerprint density at radius 1 is 1.53 bits per heavy atom. The standard InChI is InChI=1S/C8H8N4O3/c9-8(13)11-10-5-6-3-1-2-4-7(6)12(14)15/h1-5H,(H3,9,11,13)/b10-5+. The molecule has 0 atom stereocenters. The molecule has 0 aliphatic heterocycles. The van der Waals surface area contributed by atoms with E-state index >= 15 is 0 Å². The molecular weight excluding hydrogens is 200 g/mol. The summed E-state index contributed by atoms with van der Waals surface area (Å²) >= 11 is 0. The van der Waals surface area contributed by atoms with Crippen molar-refractivity contribution in [3.8, 4) is 0 Å². The van der Waals surface area contributed by atoms with Gasteiger partial charge in [-0.15, -0.1) is 0 Å². The van der Waals surface area contributed by atoms with Gasteiger partial charge in [0.2, 0.25) is 0 Å². The van der Waals surface area contributed by atoms with Gasteiger partial charge in [0.05, 0.1) is 16.7 Å². The number of benzene rings is 1. The van der Waals surface area contributed by atoms with E-state index in [0.29, 0.717) is 0 Å². The van der Waals surface area contributed by atoms with Crippen LogP contribution in [0.4, 0.5) is 10.5 Å². The summed E-state index contributed by atoms with van der Waals surface area (Å²) in [5.74, 6) is 0. The number of urea groups is 1. The number of nitrogens with zero attached hydrogens (tertiary/aromatic N) is 2. The number of primary amides is 1. The number of nitro groups is 1. The van der Waals surface area contributed by atoms with Gasteiger partial charge in [-0.3, -0.25) is 10.1 Å². The Balaban J connectivity index is 2.89. The third-order valence-corrected chi connectivity index (χ3v) is 1.51. The number of hydrogen-bond acceptors (Lipinski definition) is 4. The van der Waals surface area contributed by atoms with Crippen LogP contribution < -0.4 is 11.2 Å². The zero-order chi connectivity index (χ0) is 11.3. The first-order chi connectivity index (χ1) is 7.11. The van der Waals surface area contributed by atoms with Gasteiger partial charge in [0.1, 0.15) is 0 Å². The van der Waals surface area contributed by atoms with E-state index in [1.807, 2.05) is 5.43 Å². The molecule has 0 aliphatic rings. The Morgan fingerprint density at radius 2 is 2.20 bits per heavy atom. The monoisotopic (exact) mass is 208 g/mol. The normalized spacial score (nSPS) is 10.1. The molecule has 78 valence electrons. The van der Waals surface area contributed by atoms with Crippen molar-refractivity contribution in [2.75, 3.05) is 0 Å². The van der Waals surface area contributed by atoms with Crippen molar-refractivity contribution < 1.29 is 9.72 Å². The molecule has 0 saturated carbocycles. The zero-order valence-electron chi connectivity index (χ0n) is 7.58. The van der Waals surface area contributed by atoms with Crippen molar-refractivity contribution in [1.29, 1.82) is 0 Å². The van der Waals surface area contributed by atoms with Crippen LogP contribution in [0, 0.1) is 10.1 Å². The van der Waals surface area contributed by atoms with Gasteiger partial charge in [0.25, 0.3) is 5.69 Å². The van der Waals surface area contributed by atoms with E-state index in [1.165, 1.54) is 18.2 Å². The van der Waals surface area contributed by atoms with E-state index in [1.54, 1.807) is 6.07 Å². The number of nitrogens with one attached hydrogen (secondary N) is 1. The fraction of sp³-hybridized carbons (Fsp3) is 0. The van der Waals surface area contributed by atoms with Crippen molar-refractivity contribution in [1.82, 2.24) is 5.43 Å². The minimum absolute atomic E-state index is 0.0903. The number of nitro benzene ring substituents is 1. The number of para-hydroxylation sites is 1. The topological polar surface area (TPSA) is 111 Å². The van der Waals surface area contributed by atoms with Gasteiger partial charge in [-0.25, -0.2) is 10.2 Å². The lowest BCUT2D eigenvalue weighted by Gasteiger charge is -1.95. The third kappa shape index (κ3) is 3.07. The summed E-state index contributed by atoms with van der Waals surface area (Å²) in [6.07, 6.45) is 1.16. The lowest BCUT2D eigenvalue weighted by atomic mass is 10.2. The summed E-state index contributed by atoms with van der Waals surface area (Å²) in [6.45, 7) is 0. The number of carbonyl (C=O) groups excluding carboxylic acids is 1. The number of hydrogen-bond donors (Lipinski definition) is 2. The van der Waals surface area contributed by atoms with Gasteiger partial charge in [-0.2, -0.15) is 5.10 Å². The molecule has 0 unspecified atom stereocenters. The van der Waals surface area contributed by atoms with E-state index in [2.05, 4.69) is 5.10 Å². The zero-order valence-corrected chi connectivity index (χ0v) is 7.58. The summed E-state index contributed by atoms with van der Waals surface area (Å²) in [4.78, 5) is 20.3. The Morgan fingerprint density at radius 3 is 2.80 bits per heavy atom. The highest BCUT2D eigenvalue weighted by atomic mass is 16.6. The van der Waals surface area contributed by atoms with Gasteiger partial charge in [-0.1, -0.05) is 12.1 Å². The fourth-order valence-electron chi connectivity index (χ4n) is 0.928. The molecule has 0 spiro atoms. The summed E-state index contributed by atoms with van der Waals surface area (Å²) < 4.78 is 0. The van der Waals surface area contributed by atoms with E-state index in [4.69, 9.17) is 5.73 Å². The lowest BCUT2D eigenvalue weighted by molar-refractivity contribution is -0.385. The highest BCUT2D eigenvalue weighted by Crippen LogP contribution is 2.14. The molecule has 7 nitrogen and oxygen atoms in total. The maximum atomic E-state index is 10.6. The second kappa shape index (κ2) is 4.70. The fourth-order valence-corrected chi connectivity index (χ4v) is 0.928. The Hall–Kier alpha value is -2.44. The quantitative estimate of drug-likeness (QED) is 0.431. The molecule has 7 heteroatoms. The number of carbonyl (C=O) groups is 1. The van der Waals surface area contributed by atoms with Crippen LogP contribution in [0.1, 0.15) is 5.56 Å². The Labute approximate surface area is 84.7 Å². The first kappa shape index (κ1) is 10.6. The van der Waals surface area contributed by atoms with Gasteiger partial charge in [0, 0.05) is 6.07 Å². The summed E-state index contributed by atoms with van der Waals surface area (Å²) in [6, 6.07) is 5.18. The number of amides is 2. The van der Waals surface area contributed by atoms with Crippen LogP contribution in [0.2, 0.25) is 0 Å². The molecule has 1 rings (SSSR count). The van der Waals surface area contributed by atoms with Crippen LogP contribution in [0.5, 0.6) is 0 Å². The molecule has 1 aromatic rings. The maximum Gasteiger partial charge on any atom is 0.332 e. The van der Waals surface area contributed by atoms with Crippen LogP contribution in [-0.4, -0.2) is 17.2 Å². The Bertz CT molecular complexity index is 416. The highest BCUT2D eigenvalue weighted by molar-refractivity contribution is 5.86. The van der Waals surface area contributed by atoms with Gasteiger partial charge < -0.3 is 5.73 Å². The predicted molar refractivity (Wildman–Crippen MR) is 53.4 cm³/mol. The van der Waals surface area contributed by atoms with Crippen LogP contribution in [0.15, 0.2) is 29.4 Å². The van der Waals surface area contributed by atoms with Crippen molar-refractivity contribution in [3.63, 3.8) is 0 Å². The minimum Gasteiger partial charge on any atom is -0.350 e. The smallest absolute Gasteiger partial charge is 0.332 e. The lowest BCUT2D eigenvalue weighted by Crippen LogP contribution is -2.24. The molecule has 3 N–H and O–H groups in total. The maximum absolute atomic E-state index is 10.6. The van der Waals surface area contributed by atoms with E-state index in [0.717, 1.165) is 6.21 Å². The van der Waals surface area contributed by atoms with Crippen molar-refractivity contribution in [3.05, 3.63) is 39.9 Å². The molecule has 0 radical (unpaired) electrons. The van der Waals surface area contributed by atoms with Gasteiger partial charge in [-0.05, 0) is 6.07 Å². The predicted octanol–water partition coefficient (Wildman–Crippen LogP) is 0.597. The van der Waals surface area contributed by atoms with Crippen molar-refractivity contribution >= 4 is 17.9 Å². The van der Waals surface area contributed by atoms with E-state index < -0.39 is 11.0 Å². The van der Waals surface area contributed by atoms with Crippen LogP contribution in [0.25, 0.3) is 0 Å². The second-order valence-corrected chi connectivity index (χ2v) is 2.55. The molecule has 0 fully saturated rings. The Kier molecular flexibility index (Phi) is 3.33. The van der Waals surface area contributed by atoms with Crippen molar-refractivity contribution in [2.45, 2.75) is 0 Å². The molecule has 2 amide bonds. The second-order valence-electron chi connectivity index (χ2n) is 2.55. The molecule has 1 aromatic carbocycles. The van der Waals surface area contributed by atoms with Crippen LogP contribution >= 0.6 is 0 Å². The van der Waals surface area contributed by atoms with Crippen molar-refractivity contribution in [2.24, 2.45) is 10.8 Å². The first-order valence-corrected chi connectivity index (χ1v) is 3.93. The largest absolute Gasteiger partial charge is 0.350 e. The van der Waals surface area contributed by atoms with Crippen LogP contribution in [-0.2, 0) is 0 Å². The average Bonchev–Trinajstić information content (AvgIpc) is 2.17. The van der Waals surface area contributed by atoms with Crippen LogP contribution in [0.3, 0.4) is 0 Å². The molecule has 0 aliphatic carbocycles. The number of nitrogens with two attached hydrogens (primary N) is 1. The highest BCUT2D eigenvalue weighted by Gasteiger charge is 2.09. The molecule has 0 aromatic heterocycles. The average molecular weight is 208 g/mol.